The number of hydrogen-bond acceptors (Lipinski definition) is 4. The fourth-order valence-corrected chi connectivity index (χ4v) is 3.29. The van der Waals surface area contributed by atoms with E-state index in [1.54, 1.807) is 24.3 Å². The van der Waals surface area contributed by atoms with Crippen LogP contribution in [0.4, 0.5) is 19.0 Å². The zero-order valence-corrected chi connectivity index (χ0v) is 19.0. The van der Waals surface area contributed by atoms with Gasteiger partial charge in [0.05, 0.1) is 5.56 Å². The zero-order chi connectivity index (χ0) is 21.0. The highest BCUT2D eigenvalue weighted by atomic mass is 35.5. The topological polar surface area (TPSA) is 48.5 Å². The summed E-state index contributed by atoms with van der Waals surface area (Å²) in [7, 11) is 0. The minimum absolute atomic E-state index is 0. The standard InChI is InChI=1S/C21H25F3N4O.2ClH/c1-15(2)27-9-11-28(12-10-27)20(29)17-5-3-16(4-6-17)14-26-19-13-18(7-8-25-19)21(22,23)24;;/h3-8,13,15H,9-12,14H2,1-2H3,(H,25,26);2*1H. The van der Waals surface area contributed by atoms with Gasteiger partial charge in [0.1, 0.15) is 5.82 Å². The summed E-state index contributed by atoms with van der Waals surface area (Å²) < 4.78 is 38.3. The average molecular weight is 479 g/mol. The molecule has 0 unspecified atom stereocenters. The number of hydrogen-bond donors (Lipinski definition) is 1. The average Bonchev–Trinajstić information content (AvgIpc) is 2.72. The molecule has 1 N–H and O–H groups in total. The van der Waals surface area contributed by atoms with Crippen molar-refractivity contribution < 1.29 is 18.0 Å². The summed E-state index contributed by atoms with van der Waals surface area (Å²) >= 11 is 0. The first-order chi connectivity index (χ1) is 13.7. The zero-order valence-electron chi connectivity index (χ0n) is 17.4. The van der Waals surface area contributed by atoms with Crippen molar-refractivity contribution in [2.24, 2.45) is 0 Å². The van der Waals surface area contributed by atoms with Gasteiger partial charge in [-0.1, -0.05) is 12.1 Å². The van der Waals surface area contributed by atoms with Gasteiger partial charge in [0, 0.05) is 50.5 Å². The Labute approximate surface area is 192 Å². The lowest BCUT2D eigenvalue weighted by molar-refractivity contribution is -0.137. The van der Waals surface area contributed by atoms with E-state index in [1.165, 1.54) is 0 Å². The molecule has 1 aromatic carbocycles. The Bertz CT molecular complexity index is 839. The molecule has 0 radical (unpaired) electrons. The van der Waals surface area contributed by atoms with Gasteiger partial charge in [-0.25, -0.2) is 4.98 Å². The van der Waals surface area contributed by atoms with Crippen molar-refractivity contribution in [1.82, 2.24) is 14.8 Å². The lowest BCUT2D eigenvalue weighted by Gasteiger charge is -2.37. The van der Waals surface area contributed by atoms with Crippen LogP contribution in [0.25, 0.3) is 0 Å². The van der Waals surface area contributed by atoms with Gasteiger partial charge in [0.15, 0.2) is 0 Å². The molecule has 1 fully saturated rings. The largest absolute Gasteiger partial charge is 0.416 e. The molecule has 1 aliphatic rings. The second kappa shape index (κ2) is 11.5. The second-order valence-corrected chi connectivity index (χ2v) is 7.40. The molecule has 1 saturated heterocycles. The number of nitrogens with zero attached hydrogens (tertiary/aromatic N) is 3. The summed E-state index contributed by atoms with van der Waals surface area (Å²) in [5.74, 6) is 0.162. The van der Waals surface area contributed by atoms with Crippen molar-refractivity contribution in [3.63, 3.8) is 0 Å². The van der Waals surface area contributed by atoms with Crippen LogP contribution >= 0.6 is 24.8 Å². The van der Waals surface area contributed by atoms with Crippen LogP contribution in [-0.4, -0.2) is 52.9 Å². The number of pyridine rings is 1. The molecule has 0 aliphatic carbocycles. The number of benzene rings is 1. The van der Waals surface area contributed by atoms with E-state index >= 15 is 0 Å². The van der Waals surface area contributed by atoms with Gasteiger partial charge in [-0.2, -0.15) is 13.2 Å². The van der Waals surface area contributed by atoms with Gasteiger partial charge in [-0.3, -0.25) is 9.69 Å². The van der Waals surface area contributed by atoms with Crippen LogP contribution in [-0.2, 0) is 12.7 Å². The Morgan fingerprint density at radius 1 is 1.06 bits per heavy atom. The third kappa shape index (κ3) is 7.26. The summed E-state index contributed by atoms with van der Waals surface area (Å²) in [6.07, 6.45) is -3.27. The lowest BCUT2D eigenvalue weighted by Crippen LogP contribution is -2.50. The van der Waals surface area contributed by atoms with Crippen LogP contribution in [0.15, 0.2) is 42.6 Å². The molecule has 31 heavy (non-hydrogen) atoms. The first kappa shape index (κ1) is 27.0. The molecule has 1 amide bonds. The van der Waals surface area contributed by atoms with Crippen molar-refractivity contribution >= 4 is 36.5 Å². The van der Waals surface area contributed by atoms with Crippen LogP contribution in [0.1, 0.15) is 35.3 Å². The normalized spacial score (nSPS) is 14.6. The lowest BCUT2D eigenvalue weighted by atomic mass is 10.1. The van der Waals surface area contributed by atoms with E-state index in [0.717, 1.165) is 37.0 Å². The van der Waals surface area contributed by atoms with Crippen LogP contribution in [0.3, 0.4) is 0 Å². The van der Waals surface area contributed by atoms with Gasteiger partial charge in [-0.05, 0) is 43.7 Å². The van der Waals surface area contributed by atoms with Crippen molar-refractivity contribution in [2.75, 3.05) is 31.5 Å². The van der Waals surface area contributed by atoms with E-state index in [0.29, 0.717) is 31.2 Å². The number of carbonyl (C=O) groups is 1. The first-order valence-electron chi connectivity index (χ1n) is 9.63. The number of aromatic nitrogens is 1. The van der Waals surface area contributed by atoms with E-state index in [2.05, 4.69) is 29.0 Å². The molecule has 0 bridgehead atoms. The maximum absolute atomic E-state index is 12.8. The Morgan fingerprint density at radius 3 is 2.23 bits per heavy atom. The molecule has 0 spiro atoms. The predicted octanol–water partition coefficient (Wildman–Crippen LogP) is 4.72. The second-order valence-electron chi connectivity index (χ2n) is 7.40. The molecular weight excluding hydrogens is 452 g/mol. The summed E-state index contributed by atoms with van der Waals surface area (Å²) in [4.78, 5) is 20.8. The van der Waals surface area contributed by atoms with Crippen molar-refractivity contribution in [2.45, 2.75) is 32.6 Å². The monoisotopic (exact) mass is 478 g/mol. The SMILES string of the molecule is CC(C)N1CCN(C(=O)c2ccc(CNc3cc(C(F)(F)F)ccn3)cc2)CC1.Cl.Cl. The molecule has 1 aromatic heterocycles. The highest BCUT2D eigenvalue weighted by molar-refractivity contribution is 5.94. The molecular formula is C21H27Cl2F3N4O. The number of carbonyl (C=O) groups excluding carboxylic acids is 1. The van der Waals surface area contributed by atoms with Crippen molar-refractivity contribution in [3.05, 3.63) is 59.3 Å². The minimum Gasteiger partial charge on any atom is -0.366 e. The summed E-state index contributed by atoms with van der Waals surface area (Å²) in [6.45, 7) is 7.78. The van der Waals surface area contributed by atoms with E-state index in [1.807, 2.05) is 4.90 Å². The quantitative estimate of drug-likeness (QED) is 0.675. The Balaban J connectivity index is 0.00000240. The maximum atomic E-state index is 12.8. The van der Waals surface area contributed by atoms with Gasteiger partial charge in [-0.15, -0.1) is 24.8 Å². The number of amides is 1. The van der Waals surface area contributed by atoms with Crippen molar-refractivity contribution in [3.8, 4) is 0 Å². The van der Waals surface area contributed by atoms with Crippen LogP contribution in [0.2, 0.25) is 0 Å². The van der Waals surface area contributed by atoms with E-state index < -0.39 is 11.7 Å². The van der Waals surface area contributed by atoms with Gasteiger partial charge in [0.25, 0.3) is 5.91 Å². The highest BCUT2D eigenvalue weighted by Crippen LogP contribution is 2.30. The molecule has 1 aliphatic heterocycles. The van der Waals surface area contributed by atoms with E-state index in [4.69, 9.17) is 0 Å². The Morgan fingerprint density at radius 2 is 1.68 bits per heavy atom. The molecule has 2 heterocycles. The molecule has 10 heteroatoms. The molecule has 3 rings (SSSR count). The maximum Gasteiger partial charge on any atom is 0.416 e. The third-order valence-electron chi connectivity index (χ3n) is 5.09. The van der Waals surface area contributed by atoms with E-state index in [-0.39, 0.29) is 36.5 Å². The van der Waals surface area contributed by atoms with Gasteiger partial charge >= 0.3 is 6.18 Å². The molecule has 0 atom stereocenters. The van der Waals surface area contributed by atoms with Gasteiger partial charge in [0.2, 0.25) is 0 Å². The van der Waals surface area contributed by atoms with Crippen LogP contribution < -0.4 is 5.32 Å². The fourth-order valence-electron chi connectivity index (χ4n) is 3.29. The number of piperazine rings is 1. The number of alkyl halides is 3. The Hall–Kier alpha value is -2.03. The molecule has 2 aromatic rings. The highest BCUT2D eigenvalue weighted by Gasteiger charge is 2.30. The van der Waals surface area contributed by atoms with E-state index in [9.17, 15) is 18.0 Å². The third-order valence-corrected chi connectivity index (χ3v) is 5.09. The predicted molar refractivity (Wildman–Crippen MR) is 120 cm³/mol. The Kier molecular flexibility index (Phi) is 10.1. The van der Waals surface area contributed by atoms with Crippen LogP contribution in [0, 0.1) is 0 Å². The number of nitrogens with one attached hydrogen (secondary N) is 1. The summed E-state index contributed by atoms with van der Waals surface area (Å²) in [6, 6.07) is 9.52. The molecule has 172 valence electrons. The van der Waals surface area contributed by atoms with Crippen LogP contribution in [0.5, 0.6) is 0 Å². The number of rotatable bonds is 5. The number of halogens is 5. The molecule has 0 saturated carbocycles. The summed E-state index contributed by atoms with van der Waals surface area (Å²) in [5.41, 5.74) is 0.725. The minimum atomic E-state index is -4.40. The fraction of sp³-hybridized carbons (Fsp3) is 0.429. The molecule has 5 nitrogen and oxygen atoms in total. The van der Waals surface area contributed by atoms with Gasteiger partial charge < -0.3 is 10.2 Å². The smallest absolute Gasteiger partial charge is 0.366 e. The van der Waals surface area contributed by atoms with Crippen molar-refractivity contribution in [1.29, 1.82) is 0 Å². The first-order valence-corrected chi connectivity index (χ1v) is 9.63. The number of anilines is 1. The summed E-state index contributed by atoms with van der Waals surface area (Å²) in [5, 5.41) is 2.89.